The number of hydrogen-bond donors (Lipinski definition) is 1. The number of aryl methyl sites for hydroxylation is 2. The molecular weight excluding hydrogens is 318 g/mol. The minimum atomic E-state index is 0.202. The van der Waals surface area contributed by atoms with Gasteiger partial charge < -0.3 is 15.5 Å². The van der Waals surface area contributed by atoms with Crippen molar-refractivity contribution in [3.05, 3.63) is 17.0 Å². The van der Waals surface area contributed by atoms with Gasteiger partial charge in [-0.05, 0) is 45.8 Å². The highest BCUT2D eigenvalue weighted by Crippen LogP contribution is 2.22. The first-order chi connectivity index (χ1) is 11.8. The summed E-state index contributed by atoms with van der Waals surface area (Å²) in [7, 11) is 4.15. The lowest BCUT2D eigenvalue weighted by Gasteiger charge is -2.22. The number of carbonyl (C=O) groups excluding carboxylic acids is 1. The lowest BCUT2D eigenvalue weighted by atomic mass is 10.1. The fourth-order valence-electron chi connectivity index (χ4n) is 3.80. The van der Waals surface area contributed by atoms with Crippen LogP contribution in [0.5, 0.6) is 0 Å². The van der Waals surface area contributed by atoms with E-state index in [-0.39, 0.29) is 11.9 Å². The molecule has 0 aliphatic carbocycles. The Morgan fingerprint density at radius 3 is 2.64 bits per heavy atom. The van der Waals surface area contributed by atoms with Gasteiger partial charge in [-0.2, -0.15) is 9.50 Å². The summed E-state index contributed by atoms with van der Waals surface area (Å²) >= 11 is 0. The van der Waals surface area contributed by atoms with Crippen LogP contribution in [-0.2, 0) is 11.2 Å². The van der Waals surface area contributed by atoms with Gasteiger partial charge in [0.25, 0.3) is 5.78 Å². The molecule has 1 saturated heterocycles. The Labute approximate surface area is 148 Å². The number of nitrogen functional groups attached to an aromatic ring is 1. The van der Waals surface area contributed by atoms with E-state index in [0.29, 0.717) is 30.6 Å². The molecule has 2 aromatic rings. The van der Waals surface area contributed by atoms with Crippen LogP contribution in [0.2, 0.25) is 0 Å². The zero-order valence-electron chi connectivity index (χ0n) is 15.7. The number of likely N-dealkylation sites (tertiary alicyclic amines) is 1. The predicted molar refractivity (Wildman–Crippen MR) is 96.2 cm³/mol. The highest BCUT2D eigenvalue weighted by molar-refractivity contribution is 5.77. The minimum Gasteiger partial charge on any atom is -0.366 e. The maximum Gasteiger partial charge on any atom is 0.254 e. The van der Waals surface area contributed by atoms with Crippen molar-refractivity contribution >= 4 is 17.6 Å². The highest BCUT2D eigenvalue weighted by Gasteiger charge is 2.33. The van der Waals surface area contributed by atoms with Gasteiger partial charge in [0.2, 0.25) is 11.9 Å². The van der Waals surface area contributed by atoms with Gasteiger partial charge in [0.05, 0.1) is 0 Å². The van der Waals surface area contributed by atoms with Crippen LogP contribution in [-0.4, -0.2) is 68.5 Å². The maximum atomic E-state index is 12.7. The lowest BCUT2D eigenvalue weighted by Crippen LogP contribution is -2.35. The largest absolute Gasteiger partial charge is 0.366 e. The molecule has 25 heavy (non-hydrogen) atoms. The first kappa shape index (κ1) is 17.6. The molecule has 0 unspecified atom stereocenters. The van der Waals surface area contributed by atoms with Gasteiger partial charge >= 0.3 is 0 Å². The molecular formula is C17H27N7O. The first-order valence-corrected chi connectivity index (χ1v) is 8.70. The number of aromatic nitrogens is 4. The number of carbonyl (C=O) groups is 1. The molecule has 2 N–H and O–H groups in total. The summed E-state index contributed by atoms with van der Waals surface area (Å²) in [5.74, 6) is 1.42. The zero-order chi connectivity index (χ0) is 18.3. The summed E-state index contributed by atoms with van der Waals surface area (Å²) in [5, 5.41) is 4.18. The number of fused-ring (bicyclic) bond motifs is 1. The molecule has 1 aliphatic heterocycles. The summed E-state index contributed by atoms with van der Waals surface area (Å²) in [5.41, 5.74) is 8.54. The van der Waals surface area contributed by atoms with Crippen molar-refractivity contribution in [2.75, 3.05) is 32.9 Å². The SMILES string of the molecule is Cc1nc2nc(N)nn2c(C)c1CCC(=O)N1C[C@@H](C)[C@H](N(C)C)C1. The molecule has 136 valence electrons. The number of nitrogens with zero attached hydrogens (tertiary/aromatic N) is 6. The zero-order valence-corrected chi connectivity index (χ0v) is 15.7. The Morgan fingerprint density at radius 1 is 1.28 bits per heavy atom. The highest BCUT2D eigenvalue weighted by atomic mass is 16.2. The minimum absolute atomic E-state index is 0.202. The van der Waals surface area contributed by atoms with Gasteiger partial charge in [0.15, 0.2) is 0 Å². The topological polar surface area (TPSA) is 92.6 Å². The number of amides is 1. The maximum absolute atomic E-state index is 12.7. The molecule has 1 fully saturated rings. The van der Waals surface area contributed by atoms with Crippen molar-refractivity contribution in [3.8, 4) is 0 Å². The van der Waals surface area contributed by atoms with E-state index < -0.39 is 0 Å². The Bertz CT molecular complexity index is 798. The third-order valence-corrected chi connectivity index (χ3v) is 5.24. The van der Waals surface area contributed by atoms with Crippen LogP contribution in [0.3, 0.4) is 0 Å². The number of likely N-dealkylation sites (N-methyl/N-ethyl adjacent to an activating group) is 1. The number of anilines is 1. The quantitative estimate of drug-likeness (QED) is 0.875. The average Bonchev–Trinajstić information content (AvgIpc) is 3.09. The summed E-state index contributed by atoms with van der Waals surface area (Å²) in [6, 6.07) is 0.434. The van der Waals surface area contributed by atoms with Crippen molar-refractivity contribution in [2.24, 2.45) is 5.92 Å². The smallest absolute Gasteiger partial charge is 0.254 e. The van der Waals surface area contributed by atoms with Crippen LogP contribution < -0.4 is 5.73 Å². The number of rotatable bonds is 4. The lowest BCUT2D eigenvalue weighted by molar-refractivity contribution is -0.130. The van der Waals surface area contributed by atoms with E-state index >= 15 is 0 Å². The van der Waals surface area contributed by atoms with Gasteiger partial charge in [-0.25, -0.2) is 4.98 Å². The van der Waals surface area contributed by atoms with E-state index in [9.17, 15) is 4.79 Å². The number of hydrogen-bond acceptors (Lipinski definition) is 6. The van der Waals surface area contributed by atoms with E-state index in [1.165, 1.54) is 0 Å². The average molecular weight is 345 g/mol. The molecule has 0 saturated carbocycles. The van der Waals surface area contributed by atoms with Gasteiger partial charge in [0, 0.05) is 36.9 Å². The van der Waals surface area contributed by atoms with Crippen molar-refractivity contribution in [3.63, 3.8) is 0 Å². The van der Waals surface area contributed by atoms with Gasteiger partial charge in [-0.3, -0.25) is 4.79 Å². The van der Waals surface area contributed by atoms with Crippen LogP contribution in [0, 0.1) is 19.8 Å². The molecule has 8 heteroatoms. The van der Waals surface area contributed by atoms with Crippen LogP contribution >= 0.6 is 0 Å². The number of nitrogens with two attached hydrogens (primary N) is 1. The monoisotopic (exact) mass is 345 g/mol. The second-order valence-corrected chi connectivity index (χ2v) is 7.25. The molecule has 0 aromatic carbocycles. The van der Waals surface area contributed by atoms with E-state index in [1.807, 2.05) is 18.7 Å². The standard InChI is InChI=1S/C17H27N7O/c1-10-8-23(9-14(10)22(4)5)15(25)7-6-13-11(2)19-17-20-16(18)21-24(17)12(13)3/h10,14H,6-9H2,1-5H3,(H2,18,21)/t10-,14-/m1/s1. The fourth-order valence-corrected chi connectivity index (χ4v) is 3.80. The van der Waals surface area contributed by atoms with Gasteiger partial charge in [-0.1, -0.05) is 6.92 Å². The molecule has 2 atom stereocenters. The molecule has 0 radical (unpaired) electrons. The molecule has 3 heterocycles. The molecule has 0 spiro atoms. The van der Waals surface area contributed by atoms with Gasteiger partial charge in [-0.15, -0.1) is 5.10 Å². The molecule has 1 amide bonds. The van der Waals surface area contributed by atoms with E-state index in [4.69, 9.17) is 5.73 Å². The first-order valence-electron chi connectivity index (χ1n) is 8.70. The predicted octanol–water partition coefficient (Wildman–Crippen LogP) is 0.664. The normalized spacial score (nSPS) is 20.8. The molecule has 3 rings (SSSR count). The van der Waals surface area contributed by atoms with Crippen molar-refractivity contribution in [1.29, 1.82) is 0 Å². The van der Waals surface area contributed by atoms with Crippen LogP contribution in [0.15, 0.2) is 0 Å². The Balaban J connectivity index is 1.71. The van der Waals surface area contributed by atoms with E-state index in [2.05, 4.69) is 41.0 Å². The van der Waals surface area contributed by atoms with Crippen LogP contribution in [0.1, 0.15) is 30.3 Å². The third kappa shape index (κ3) is 3.30. The summed E-state index contributed by atoms with van der Waals surface area (Å²) < 4.78 is 1.65. The van der Waals surface area contributed by atoms with E-state index in [0.717, 1.165) is 30.0 Å². The summed E-state index contributed by atoms with van der Waals surface area (Å²) in [4.78, 5) is 25.4. The fraction of sp³-hybridized carbons (Fsp3) is 0.647. The van der Waals surface area contributed by atoms with Crippen LogP contribution in [0.4, 0.5) is 5.95 Å². The van der Waals surface area contributed by atoms with Crippen molar-refractivity contribution in [1.82, 2.24) is 29.4 Å². The Hall–Kier alpha value is -2.22. The molecule has 2 aromatic heterocycles. The Morgan fingerprint density at radius 2 is 2.00 bits per heavy atom. The summed E-state index contributed by atoms with van der Waals surface area (Å²) in [6.07, 6.45) is 1.13. The van der Waals surface area contributed by atoms with Crippen molar-refractivity contribution in [2.45, 2.75) is 39.7 Å². The van der Waals surface area contributed by atoms with Crippen LogP contribution in [0.25, 0.3) is 5.78 Å². The molecule has 0 bridgehead atoms. The van der Waals surface area contributed by atoms with Crippen molar-refractivity contribution < 1.29 is 4.79 Å². The Kier molecular flexibility index (Phi) is 4.64. The van der Waals surface area contributed by atoms with Gasteiger partial charge in [0.1, 0.15) is 0 Å². The summed E-state index contributed by atoms with van der Waals surface area (Å²) in [6.45, 7) is 7.75. The second kappa shape index (κ2) is 6.59. The third-order valence-electron chi connectivity index (χ3n) is 5.24. The molecule has 1 aliphatic rings. The molecule has 8 nitrogen and oxygen atoms in total. The second-order valence-electron chi connectivity index (χ2n) is 7.25. The van der Waals surface area contributed by atoms with E-state index in [1.54, 1.807) is 4.52 Å².